The molecule has 5 nitrogen and oxygen atoms in total. The average Bonchev–Trinajstić information content (AvgIpc) is 3.65. The molecular weight excluding hydrogens is 818 g/mol. The first-order chi connectivity index (χ1) is 25.7. The molecule has 0 fully saturated rings. The van der Waals surface area contributed by atoms with E-state index in [1.54, 1.807) is 0 Å². The SMILES string of the molecule is CN1[C]2=[Pt]=[C]3N(C)c4ccccc4N3c3cccc(c3)N(c3c(-c4ccccc4)cccc3-c3ccccc3)c3cccc(c3)N2c2ccccc21. The molecule has 0 saturated heterocycles. The Balaban J connectivity index is 1.33. The number of para-hydroxylation sites is 5. The predicted octanol–water partition coefficient (Wildman–Crippen LogP) is 10.9. The van der Waals surface area contributed by atoms with Crippen LogP contribution < -0.4 is 24.5 Å². The minimum absolute atomic E-state index is 0.701. The maximum atomic E-state index is 2.50. The monoisotopic (exact) mass is 852 g/mol. The molecule has 0 N–H and O–H groups in total. The van der Waals surface area contributed by atoms with Crippen LogP contribution in [0.5, 0.6) is 0 Å². The summed E-state index contributed by atoms with van der Waals surface area (Å²) >= 11 is -0.701. The number of anilines is 9. The second-order valence-electron chi connectivity index (χ2n) is 13.1. The van der Waals surface area contributed by atoms with Gasteiger partial charge in [-0.1, -0.05) is 0 Å². The van der Waals surface area contributed by atoms with E-state index < -0.39 is 17.6 Å². The van der Waals surface area contributed by atoms with Crippen molar-refractivity contribution in [2.45, 2.75) is 0 Å². The van der Waals surface area contributed by atoms with Crippen molar-refractivity contribution in [1.29, 1.82) is 0 Å². The van der Waals surface area contributed by atoms with Gasteiger partial charge in [0, 0.05) is 0 Å². The van der Waals surface area contributed by atoms with E-state index in [4.69, 9.17) is 0 Å². The molecule has 0 unspecified atom stereocenters. The summed E-state index contributed by atoms with van der Waals surface area (Å²) in [6.07, 6.45) is 0. The summed E-state index contributed by atoms with van der Waals surface area (Å²) in [4.78, 5) is 12.3. The molecule has 0 amide bonds. The van der Waals surface area contributed by atoms with Crippen LogP contribution in [0.4, 0.5) is 51.2 Å². The topological polar surface area (TPSA) is 16.2 Å². The number of hydrogen-bond donors (Lipinski definition) is 0. The fourth-order valence-electron chi connectivity index (χ4n) is 7.69. The summed E-state index contributed by atoms with van der Waals surface area (Å²) in [6.45, 7) is 0. The Labute approximate surface area is 312 Å². The average molecular weight is 853 g/mol. The van der Waals surface area contributed by atoms with E-state index in [0.29, 0.717) is 0 Å². The van der Waals surface area contributed by atoms with Crippen molar-refractivity contribution in [3.8, 4) is 22.3 Å². The van der Waals surface area contributed by atoms with Crippen LogP contribution in [-0.4, -0.2) is 22.4 Å². The molecule has 3 heterocycles. The van der Waals surface area contributed by atoms with E-state index in [0.717, 1.165) is 28.4 Å². The van der Waals surface area contributed by atoms with Gasteiger partial charge in [0.25, 0.3) is 0 Å². The molecule has 4 bridgehead atoms. The first kappa shape index (κ1) is 30.8. The van der Waals surface area contributed by atoms with Gasteiger partial charge in [-0.2, -0.15) is 0 Å². The van der Waals surface area contributed by atoms with Crippen molar-refractivity contribution in [2.24, 2.45) is 0 Å². The fourth-order valence-corrected chi connectivity index (χ4v) is 11.1. The van der Waals surface area contributed by atoms with Gasteiger partial charge < -0.3 is 0 Å². The Hall–Kier alpha value is -6.03. The van der Waals surface area contributed by atoms with E-state index in [2.05, 4.69) is 215 Å². The summed E-state index contributed by atoms with van der Waals surface area (Å²) in [7, 11) is 4.46. The summed E-state index contributed by atoms with van der Waals surface area (Å²) in [5.74, 6) is 0. The van der Waals surface area contributed by atoms with Gasteiger partial charge in [0.15, 0.2) is 0 Å². The number of hydrogen-bond acceptors (Lipinski definition) is 5. The van der Waals surface area contributed by atoms with Gasteiger partial charge >= 0.3 is 314 Å². The van der Waals surface area contributed by atoms with Crippen LogP contribution in [0.1, 0.15) is 0 Å². The first-order valence-electron chi connectivity index (χ1n) is 17.5. The van der Waals surface area contributed by atoms with E-state index in [-0.39, 0.29) is 0 Å². The Bertz CT molecular complexity index is 2410. The van der Waals surface area contributed by atoms with Crippen LogP contribution >= 0.6 is 0 Å². The van der Waals surface area contributed by atoms with E-state index >= 15 is 0 Å². The molecule has 6 heteroatoms. The summed E-state index contributed by atoms with van der Waals surface area (Å²) in [5.41, 5.74) is 15.2. The standard InChI is InChI=1S/C46H35N5.Pt/c1-47-32-49(44-28-11-9-26-42(44)47)36-20-13-22-38(30-36)51(39-23-14-21-37(31-39)50-33-48(2)43-27-10-12-29-45(43)50)46-40(34-16-5-3-6-17-34)24-15-25-41(46)35-18-7-4-8-19-35;/h3-31H,1-2H3;. The molecule has 3 aliphatic heterocycles. The van der Waals surface area contributed by atoms with Crippen LogP contribution in [0.25, 0.3) is 22.3 Å². The van der Waals surface area contributed by atoms with Crippen molar-refractivity contribution < 1.29 is 17.6 Å². The normalized spacial score (nSPS) is 14.5. The molecule has 52 heavy (non-hydrogen) atoms. The number of fused-ring (bicyclic) bond motifs is 12. The molecule has 0 aliphatic carbocycles. The zero-order valence-corrected chi connectivity index (χ0v) is 31.1. The van der Waals surface area contributed by atoms with E-state index in [1.807, 2.05) is 0 Å². The summed E-state index contributed by atoms with van der Waals surface area (Å²) in [5, 5.41) is 0. The van der Waals surface area contributed by atoms with Gasteiger partial charge in [0.1, 0.15) is 0 Å². The van der Waals surface area contributed by atoms with E-state index in [9.17, 15) is 0 Å². The summed E-state index contributed by atoms with van der Waals surface area (Å²) < 4.78 is 2.63. The van der Waals surface area contributed by atoms with Gasteiger partial charge in [0.2, 0.25) is 0 Å². The van der Waals surface area contributed by atoms with Gasteiger partial charge in [-0.3, -0.25) is 0 Å². The zero-order chi connectivity index (χ0) is 34.8. The van der Waals surface area contributed by atoms with Crippen molar-refractivity contribution in [3.05, 3.63) is 176 Å². The molecule has 0 radical (unpaired) electrons. The molecule has 254 valence electrons. The molecule has 0 spiro atoms. The Morgan fingerprint density at radius 2 is 0.712 bits per heavy atom. The van der Waals surface area contributed by atoms with Gasteiger partial charge in [-0.05, 0) is 0 Å². The molecule has 0 aromatic heterocycles. The van der Waals surface area contributed by atoms with E-state index in [1.165, 1.54) is 53.3 Å². The van der Waals surface area contributed by atoms with Crippen molar-refractivity contribution in [3.63, 3.8) is 0 Å². The molecular formula is C46H35N5Pt. The molecule has 7 aromatic carbocycles. The number of rotatable bonds is 3. The Morgan fingerprint density at radius 1 is 0.346 bits per heavy atom. The second kappa shape index (κ2) is 12.3. The minimum atomic E-state index is -0.701. The third-order valence-electron chi connectivity index (χ3n) is 10.1. The third kappa shape index (κ3) is 4.81. The van der Waals surface area contributed by atoms with Gasteiger partial charge in [-0.25, -0.2) is 0 Å². The third-order valence-corrected chi connectivity index (χ3v) is 13.6. The molecule has 10 rings (SSSR count). The zero-order valence-electron chi connectivity index (χ0n) is 28.8. The molecule has 7 aromatic rings. The maximum absolute atomic E-state index is 2.50. The Kier molecular flexibility index (Phi) is 7.29. The number of benzene rings is 7. The molecule has 3 aliphatic rings. The molecule has 0 saturated carbocycles. The summed E-state index contributed by atoms with van der Waals surface area (Å²) in [6, 6.07) is 64.2. The van der Waals surface area contributed by atoms with Crippen LogP contribution in [0.2, 0.25) is 0 Å². The fraction of sp³-hybridized carbons (Fsp3) is 0.0435. The Morgan fingerprint density at radius 3 is 1.15 bits per heavy atom. The van der Waals surface area contributed by atoms with Crippen LogP contribution in [0.3, 0.4) is 0 Å². The van der Waals surface area contributed by atoms with Gasteiger partial charge in [0.05, 0.1) is 0 Å². The van der Waals surface area contributed by atoms with Gasteiger partial charge in [-0.15, -0.1) is 0 Å². The first-order valence-corrected chi connectivity index (χ1v) is 19.8. The quantitative estimate of drug-likeness (QED) is 0.176. The van der Waals surface area contributed by atoms with Crippen molar-refractivity contribution >= 4 is 59.5 Å². The second-order valence-corrected chi connectivity index (χ2v) is 15.7. The predicted molar refractivity (Wildman–Crippen MR) is 216 cm³/mol. The molecule has 0 atom stereocenters. The van der Waals surface area contributed by atoms with Crippen LogP contribution in [-0.2, 0) is 17.6 Å². The van der Waals surface area contributed by atoms with Crippen LogP contribution in [0.15, 0.2) is 176 Å². The van der Waals surface area contributed by atoms with Crippen LogP contribution in [0, 0.1) is 0 Å². The number of nitrogens with zero attached hydrogens (tertiary/aromatic N) is 5. The van der Waals surface area contributed by atoms with Crippen molar-refractivity contribution in [1.82, 2.24) is 0 Å². The van der Waals surface area contributed by atoms with Crippen molar-refractivity contribution in [2.75, 3.05) is 38.6 Å².